The minimum absolute atomic E-state index is 0.0786. The molecular formula is C14H24N2O2. The number of hydrogen-bond acceptors (Lipinski definition) is 3. The van der Waals surface area contributed by atoms with E-state index in [1.165, 1.54) is 12.8 Å². The van der Waals surface area contributed by atoms with E-state index in [9.17, 15) is 4.79 Å². The Hall–Kier alpha value is -0.610. The molecule has 0 aromatic carbocycles. The molecule has 1 aliphatic heterocycles. The maximum Gasteiger partial charge on any atom is 0.240 e. The van der Waals surface area contributed by atoms with E-state index in [4.69, 9.17) is 4.74 Å². The summed E-state index contributed by atoms with van der Waals surface area (Å²) in [5.74, 6) is 0.314. The van der Waals surface area contributed by atoms with E-state index >= 15 is 0 Å². The summed E-state index contributed by atoms with van der Waals surface area (Å²) < 4.78 is 5.47. The van der Waals surface area contributed by atoms with Crippen LogP contribution in [0.1, 0.15) is 39.5 Å². The molecule has 3 aliphatic rings. The molecule has 0 aromatic heterocycles. The molecule has 3 fully saturated rings. The van der Waals surface area contributed by atoms with Crippen LogP contribution >= 0.6 is 0 Å². The highest BCUT2D eigenvalue weighted by molar-refractivity contribution is 5.84. The molecular weight excluding hydrogens is 228 g/mol. The van der Waals surface area contributed by atoms with Gasteiger partial charge in [-0.05, 0) is 25.7 Å². The maximum absolute atomic E-state index is 12.4. The largest absolute Gasteiger partial charge is 0.381 e. The van der Waals surface area contributed by atoms with Crippen LogP contribution in [0.2, 0.25) is 0 Å². The number of carbonyl (C=O) groups excluding carboxylic acids is 1. The number of nitrogens with one attached hydrogen (secondary N) is 1. The van der Waals surface area contributed by atoms with Crippen LogP contribution in [0, 0.1) is 5.41 Å². The molecule has 0 aromatic rings. The van der Waals surface area contributed by atoms with Crippen LogP contribution in [0.15, 0.2) is 0 Å². The van der Waals surface area contributed by atoms with E-state index in [1.54, 1.807) is 7.11 Å². The molecule has 1 amide bonds. The van der Waals surface area contributed by atoms with Crippen molar-refractivity contribution in [3.8, 4) is 0 Å². The van der Waals surface area contributed by atoms with Crippen molar-refractivity contribution in [3.63, 3.8) is 0 Å². The Kier molecular flexibility index (Phi) is 2.90. The van der Waals surface area contributed by atoms with Gasteiger partial charge in [-0.15, -0.1) is 0 Å². The third-order valence-electron chi connectivity index (χ3n) is 5.04. The summed E-state index contributed by atoms with van der Waals surface area (Å²) in [6.07, 6.45) is 4.74. The van der Waals surface area contributed by atoms with E-state index in [1.807, 2.05) is 0 Å². The summed E-state index contributed by atoms with van der Waals surface area (Å²) in [4.78, 5) is 14.5. The topological polar surface area (TPSA) is 41.6 Å². The van der Waals surface area contributed by atoms with Crippen LogP contribution in [0.25, 0.3) is 0 Å². The molecule has 2 saturated carbocycles. The zero-order valence-corrected chi connectivity index (χ0v) is 11.6. The number of carbonyl (C=O) groups is 1. The van der Waals surface area contributed by atoms with Gasteiger partial charge in [-0.25, -0.2) is 0 Å². The SMILES string of the molecule is COC1CC(N2CCC(NC3CC3)C2=O)C1(C)C. The van der Waals surface area contributed by atoms with Crippen molar-refractivity contribution >= 4 is 5.91 Å². The summed E-state index contributed by atoms with van der Waals surface area (Å²) in [5.41, 5.74) is 0.0961. The van der Waals surface area contributed by atoms with Gasteiger partial charge in [0.15, 0.2) is 0 Å². The molecule has 0 bridgehead atoms. The molecule has 18 heavy (non-hydrogen) atoms. The predicted molar refractivity (Wildman–Crippen MR) is 69.3 cm³/mol. The first kappa shape index (κ1) is 12.4. The summed E-state index contributed by atoms with van der Waals surface area (Å²) in [6.45, 7) is 5.34. The van der Waals surface area contributed by atoms with Gasteiger partial charge in [-0.3, -0.25) is 4.79 Å². The predicted octanol–water partition coefficient (Wildman–Crippen LogP) is 1.15. The second-order valence-corrected chi connectivity index (χ2v) is 6.61. The Morgan fingerprint density at radius 2 is 2.06 bits per heavy atom. The first-order valence-electron chi connectivity index (χ1n) is 7.13. The first-order valence-corrected chi connectivity index (χ1v) is 7.13. The van der Waals surface area contributed by atoms with Crippen LogP contribution in [0.5, 0.6) is 0 Å². The fourth-order valence-electron chi connectivity index (χ4n) is 3.49. The van der Waals surface area contributed by atoms with Gasteiger partial charge in [-0.1, -0.05) is 13.8 Å². The van der Waals surface area contributed by atoms with Crippen LogP contribution in [-0.2, 0) is 9.53 Å². The van der Waals surface area contributed by atoms with Gasteiger partial charge < -0.3 is 15.0 Å². The average Bonchev–Trinajstić information content (AvgIpc) is 3.07. The standard InChI is InChI=1S/C14H24N2O2/c1-14(2)11(8-12(14)18-3)16-7-6-10(13(16)17)15-9-4-5-9/h9-12,15H,4-8H2,1-3H3. The molecule has 1 heterocycles. The molecule has 3 atom stereocenters. The molecule has 0 spiro atoms. The molecule has 2 aliphatic carbocycles. The van der Waals surface area contributed by atoms with Crippen LogP contribution in [0.3, 0.4) is 0 Å². The molecule has 3 rings (SSSR count). The third-order valence-corrected chi connectivity index (χ3v) is 5.04. The fourth-order valence-corrected chi connectivity index (χ4v) is 3.49. The van der Waals surface area contributed by atoms with E-state index in [-0.39, 0.29) is 11.5 Å². The van der Waals surface area contributed by atoms with Crippen molar-refractivity contribution in [2.45, 2.75) is 63.8 Å². The van der Waals surface area contributed by atoms with Gasteiger partial charge in [0.1, 0.15) is 0 Å². The number of ether oxygens (including phenoxy) is 1. The quantitative estimate of drug-likeness (QED) is 0.816. The monoisotopic (exact) mass is 252 g/mol. The summed E-state index contributed by atoms with van der Waals surface area (Å²) in [7, 11) is 1.77. The van der Waals surface area contributed by atoms with Crippen molar-refractivity contribution in [2.75, 3.05) is 13.7 Å². The lowest BCUT2D eigenvalue weighted by Gasteiger charge is -2.54. The maximum atomic E-state index is 12.4. The summed E-state index contributed by atoms with van der Waals surface area (Å²) >= 11 is 0. The van der Waals surface area contributed by atoms with E-state index in [0.29, 0.717) is 24.1 Å². The molecule has 1 saturated heterocycles. The Labute approximate surface area is 109 Å². The van der Waals surface area contributed by atoms with Gasteiger partial charge in [-0.2, -0.15) is 0 Å². The number of likely N-dealkylation sites (tertiary alicyclic amines) is 1. The van der Waals surface area contributed by atoms with Gasteiger partial charge in [0.25, 0.3) is 0 Å². The molecule has 1 N–H and O–H groups in total. The first-order chi connectivity index (χ1) is 8.54. The second kappa shape index (κ2) is 4.20. The number of nitrogens with zero attached hydrogens (tertiary/aromatic N) is 1. The van der Waals surface area contributed by atoms with Crippen molar-refractivity contribution in [1.29, 1.82) is 0 Å². The molecule has 3 unspecified atom stereocenters. The number of methoxy groups -OCH3 is 1. The average molecular weight is 252 g/mol. The molecule has 4 nitrogen and oxygen atoms in total. The Bertz CT molecular complexity index is 352. The Morgan fingerprint density at radius 1 is 1.33 bits per heavy atom. The highest BCUT2D eigenvalue weighted by Crippen LogP contribution is 2.46. The lowest BCUT2D eigenvalue weighted by Crippen LogP contribution is -2.62. The fraction of sp³-hybridized carbons (Fsp3) is 0.929. The molecule has 102 valence electrons. The number of amides is 1. The Morgan fingerprint density at radius 3 is 2.61 bits per heavy atom. The van der Waals surface area contributed by atoms with Crippen molar-refractivity contribution in [3.05, 3.63) is 0 Å². The van der Waals surface area contributed by atoms with E-state index in [0.717, 1.165) is 19.4 Å². The van der Waals surface area contributed by atoms with Gasteiger partial charge in [0.05, 0.1) is 12.1 Å². The lowest BCUT2D eigenvalue weighted by molar-refractivity contribution is -0.157. The minimum Gasteiger partial charge on any atom is -0.381 e. The zero-order valence-electron chi connectivity index (χ0n) is 11.6. The highest BCUT2D eigenvalue weighted by atomic mass is 16.5. The van der Waals surface area contributed by atoms with E-state index in [2.05, 4.69) is 24.1 Å². The third kappa shape index (κ3) is 1.86. The zero-order chi connectivity index (χ0) is 12.9. The molecule has 0 radical (unpaired) electrons. The van der Waals surface area contributed by atoms with Gasteiger partial charge in [0.2, 0.25) is 5.91 Å². The summed E-state index contributed by atoms with van der Waals surface area (Å²) in [6, 6.07) is 1.05. The number of hydrogen-bond donors (Lipinski definition) is 1. The van der Waals surface area contributed by atoms with Crippen molar-refractivity contribution in [2.24, 2.45) is 5.41 Å². The normalized spacial score (nSPS) is 38.9. The van der Waals surface area contributed by atoms with Crippen LogP contribution in [-0.4, -0.2) is 48.7 Å². The van der Waals surface area contributed by atoms with E-state index < -0.39 is 0 Å². The van der Waals surface area contributed by atoms with Crippen LogP contribution in [0.4, 0.5) is 0 Å². The highest BCUT2D eigenvalue weighted by Gasteiger charge is 2.54. The Balaban J connectivity index is 1.62. The van der Waals surface area contributed by atoms with Crippen molar-refractivity contribution < 1.29 is 9.53 Å². The van der Waals surface area contributed by atoms with Crippen LogP contribution < -0.4 is 5.32 Å². The smallest absolute Gasteiger partial charge is 0.240 e. The second-order valence-electron chi connectivity index (χ2n) is 6.61. The lowest BCUT2D eigenvalue weighted by atomic mass is 9.64. The van der Waals surface area contributed by atoms with Crippen molar-refractivity contribution in [1.82, 2.24) is 10.2 Å². The minimum atomic E-state index is 0.0786. The van der Waals surface area contributed by atoms with Gasteiger partial charge >= 0.3 is 0 Å². The molecule has 4 heteroatoms. The summed E-state index contributed by atoms with van der Waals surface area (Å²) in [5, 5.41) is 3.47. The van der Waals surface area contributed by atoms with Gasteiger partial charge in [0, 0.05) is 31.2 Å². The number of rotatable bonds is 4.